The fourth-order valence-corrected chi connectivity index (χ4v) is 4.22. The van der Waals surface area contributed by atoms with Crippen molar-refractivity contribution < 1.29 is 4.79 Å². The van der Waals surface area contributed by atoms with Crippen LogP contribution in [0.1, 0.15) is 28.9 Å². The summed E-state index contributed by atoms with van der Waals surface area (Å²) in [6, 6.07) is 10.2. The van der Waals surface area contributed by atoms with Gasteiger partial charge in [-0.15, -0.1) is 22.9 Å². The van der Waals surface area contributed by atoms with Crippen LogP contribution >= 0.6 is 22.9 Å². The number of thiophene rings is 1. The second-order valence-corrected chi connectivity index (χ2v) is 6.85. The zero-order chi connectivity index (χ0) is 13.9. The first-order valence-corrected chi connectivity index (χ1v) is 8.47. The molecular formula is C16H18ClNOS. The Labute approximate surface area is 128 Å². The minimum absolute atomic E-state index is 0.186. The number of rotatable bonds is 3. The third kappa shape index (κ3) is 2.84. The predicted octanol–water partition coefficient (Wildman–Crippen LogP) is 4.38. The second kappa shape index (κ2) is 6.15. The zero-order valence-electron chi connectivity index (χ0n) is 11.3. The van der Waals surface area contributed by atoms with E-state index in [4.69, 9.17) is 11.6 Å². The average Bonchev–Trinajstić information content (AvgIpc) is 2.91. The maximum absolute atomic E-state index is 12.6. The van der Waals surface area contributed by atoms with Crippen LogP contribution in [-0.4, -0.2) is 29.8 Å². The Morgan fingerprint density at radius 3 is 3.05 bits per heavy atom. The lowest BCUT2D eigenvalue weighted by molar-refractivity contribution is 0.0676. The van der Waals surface area contributed by atoms with Crippen LogP contribution in [-0.2, 0) is 0 Å². The number of hydrogen-bond acceptors (Lipinski definition) is 2. The third-order valence-electron chi connectivity index (χ3n) is 3.96. The van der Waals surface area contributed by atoms with Crippen LogP contribution in [0.5, 0.6) is 0 Å². The van der Waals surface area contributed by atoms with Gasteiger partial charge in [-0.25, -0.2) is 0 Å². The highest BCUT2D eigenvalue weighted by molar-refractivity contribution is 7.20. The molecule has 1 atom stereocenters. The van der Waals surface area contributed by atoms with Gasteiger partial charge in [0.05, 0.1) is 4.88 Å². The molecule has 2 heterocycles. The van der Waals surface area contributed by atoms with Gasteiger partial charge < -0.3 is 4.90 Å². The Morgan fingerprint density at radius 2 is 2.25 bits per heavy atom. The predicted molar refractivity (Wildman–Crippen MR) is 85.8 cm³/mol. The number of amides is 1. The molecule has 1 amide bonds. The van der Waals surface area contributed by atoms with Gasteiger partial charge in [-0.05, 0) is 42.7 Å². The molecule has 0 N–H and O–H groups in total. The molecule has 1 fully saturated rings. The van der Waals surface area contributed by atoms with Crippen LogP contribution in [0, 0.1) is 5.92 Å². The molecule has 1 saturated heterocycles. The molecule has 1 aromatic heterocycles. The maximum Gasteiger partial charge on any atom is 0.263 e. The summed E-state index contributed by atoms with van der Waals surface area (Å²) in [6.45, 7) is 1.74. The third-order valence-corrected chi connectivity index (χ3v) is 5.28. The van der Waals surface area contributed by atoms with E-state index in [1.54, 1.807) is 11.3 Å². The Hall–Kier alpha value is -1.06. The smallest absolute Gasteiger partial charge is 0.263 e. The van der Waals surface area contributed by atoms with E-state index >= 15 is 0 Å². The molecule has 1 aliphatic rings. The quantitative estimate of drug-likeness (QED) is 0.770. The van der Waals surface area contributed by atoms with Gasteiger partial charge in [0.1, 0.15) is 0 Å². The lowest BCUT2D eigenvalue weighted by Gasteiger charge is -2.32. The van der Waals surface area contributed by atoms with Crippen LogP contribution in [0.15, 0.2) is 30.3 Å². The highest BCUT2D eigenvalue weighted by Crippen LogP contribution is 2.28. The van der Waals surface area contributed by atoms with E-state index in [2.05, 4.69) is 12.1 Å². The molecule has 1 aromatic carbocycles. The van der Waals surface area contributed by atoms with E-state index < -0.39 is 0 Å². The number of alkyl halides is 1. The van der Waals surface area contributed by atoms with Crippen molar-refractivity contribution in [1.82, 2.24) is 4.90 Å². The lowest BCUT2D eigenvalue weighted by atomic mass is 9.95. The van der Waals surface area contributed by atoms with Crippen molar-refractivity contribution in [2.24, 2.45) is 5.92 Å². The first-order chi connectivity index (χ1) is 9.78. The van der Waals surface area contributed by atoms with E-state index in [1.807, 2.05) is 23.1 Å². The molecular weight excluding hydrogens is 290 g/mol. The van der Waals surface area contributed by atoms with Gasteiger partial charge in [-0.2, -0.15) is 0 Å². The van der Waals surface area contributed by atoms with Gasteiger partial charge in [0.25, 0.3) is 5.91 Å². The number of fused-ring (bicyclic) bond motifs is 1. The number of benzene rings is 1. The molecule has 4 heteroatoms. The first kappa shape index (κ1) is 13.9. The summed E-state index contributed by atoms with van der Waals surface area (Å²) in [6.07, 6.45) is 3.30. The Kier molecular flexibility index (Phi) is 4.27. The van der Waals surface area contributed by atoms with Crippen LogP contribution in [0.3, 0.4) is 0 Å². The van der Waals surface area contributed by atoms with E-state index in [-0.39, 0.29) is 5.91 Å². The van der Waals surface area contributed by atoms with Gasteiger partial charge >= 0.3 is 0 Å². The summed E-state index contributed by atoms with van der Waals surface area (Å²) in [4.78, 5) is 15.5. The first-order valence-electron chi connectivity index (χ1n) is 7.12. The summed E-state index contributed by atoms with van der Waals surface area (Å²) >= 11 is 7.43. The topological polar surface area (TPSA) is 20.3 Å². The highest BCUT2D eigenvalue weighted by atomic mass is 35.5. The Balaban J connectivity index is 1.77. The van der Waals surface area contributed by atoms with E-state index in [1.165, 1.54) is 11.1 Å². The second-order valence-electron chi connectivity index (χ2n) is 5.39. The molecule has 0 saturated carbocycles. The Bertz CT molecular complexity index is 574. The zero-order valence-corrected chi connectivity index (χ0v) is 12.9. The van der Waals surface area contributed by atoms with Gasteiger partial charge in [-0.1, -0.05) is 18.2 Å². The van der Waals surface area contributed by atoms with Crippen LogP contribution in [0.4, 0.5) is 0 Å². The van der Waals surface area contributed by atoms with Crippen molar-refractivity contribution in [1.29, 1.82) is 0 Å². The monoisotopic (exact) mass is 307 g/mol. The number of piperidine rings is 1. The van der Waals surface area contributed by atoms with Crippen molar-refractivity contribution in [2.45, 2.75) is 19.3 Å². The number of hydrogen-bond donors (Lipinski definition) is 0. The van der Waals surface area contributed by atoms with Gasteiger partial charge in [-0.3, -0.25) is 4.79 Å². The molecule has 2 aromatic rings. The molecule has 1 aliphatic heterocycles. The van der Waals surface area contributed by atoms with Crippen LogP contribution < -0.4 is 0 Å². The molecule has 0 spiro atoms. The SMILES string of the molecule is O=C(c1cc2ccccc2s1)N1CCCC(CCCl)C1. The summed E-state index contributed by atoms with van der Waals surface area (Å²) in [5.41, 5.74) is 0. The lowest BCUT2D eigenvalue weighted by Crippen LogP contribution is -2.39. The van der Waals surface area contributed by atoms with Crippen LogP contribution in [0.25, 0.3) is 10.1 Å². The minimum Gasteiger partial charge on any atom is -0.338 e. The molecule has 2 nitrogen and oxygen atoms in total. The van der Waals surface area contributed by atoms with E-state index in [0.29, 0.717) is 11.8 Å². The minimum atomic E-state index is 0.186. The number of nitrogens with zero attached hydrogens (tertiary/aromatic N) is 1. The molecule has 106 valence electrons. The summed E-state index contributed by atoms with van der Waals surface area (Å²) < 4.78 is 1.19. The summed E-state index contributed by atoms with van der Waals surface area (Å²) in [7, 11) is 0. The Morgan fingerprint density at radius 1 is 1.40 bits per heavy atom. The van der Waals surface area contributed by atoms with Crippen molar-refractivity contribution in [3.8, 4) is 0 Å². The fraction of sp³-hybridized carbons (Fsp3) is 0.438. The molecule has 0 radical (unpaired) electrons. The fourth-order valence-electron chi connectivity index (χ4n) is 2.88. The highest BCUT2D eigenvalue weighted by Gasteiger charge is 2.25. The van der Waals surface area contributed by atoms with Gasteiger partial charge in [0.15, 0.2) is 0 Å². The van der Waals surface area contributed by atoms with E-state index in [9.17, 15) is 4.79 Å². The number of halogens is 1. The maximum atomic E-state index is 12.6. The van der Waals surface area contributed by atoms with Crippen molar-refractivity contribution in [3.63, 3.8) is 0 Å². The largest absolute Gasteiger partial charge is 0.338 e. The summed E-state index contributed by atoms with van der Waals surface area (Å²) in [5.74, 6) is 1.44. The standard InChI is InChI=1S/C16H18ClNOS/c17-8-7-12-4-3-9-18(11-12)16(19)15-10-13-5-1-2-6-14(13)20-15/h1-2,5-6,10,12H,3-4,7-9,11H2. The summed E-state index contributed by atoms with van der Waals surface area (Å²) in [5, 5.41) is 1.16. The van der Waals surface area contributed by atoms with Crippen molar-refractivity contribution in [3.05, 3.63) is 35.2 Å². The number of carbonyl (C=O) groups excluding carboxylic acids is 1. The molecule has 0 bridgehead atoms. The number of likely N-dealkylation sites (tertiary alicyclic amines) is 1. The van der Waals surface area contributed by atoms with E-state index in [0.717, 1.165) is 36.2 Å². The normalized spacial score (nSPS) is 19.4. The van der Waals surface area contributed by atoms with Crippen molar-refractivity contribution in [2.75, 3.05) is 19.0 Å². The van der Waals surface area contributed by atoms with Crippen LogP contribution in [0.2, 0.25) is 0 Å². The van der Waals surface area contributed by atoms with Gasteiger partial charge in [0, 0.05) is 23.7 Å². The van der Waals surface area contributed by atoms with Crippen molar-refractivity contribution >= 4 is 38.9 Å². The molecule has 20 heavy (non-hydrogen) atoms. The number of carbonyl (C=O) groups is 1. The molecule has 0 aliphatic carbocycles. The van der Waals surface area contributed by atoms with Gasteiger partial charge in [0.2, 0.25) is 0 Å². The molecule has 1 unspecified atom stereocenters. The average molecular weight is 308 g/mol. The molecule has 3 rings (SSSR count).